The fourth-order valence-electron chi connectivity index (χ4n) is 3.49. The molecule has 0 fully saturated rings. The van der Waals surface area contributed by atoms with Crippen molar-refractivity contribution in [3.63, 3.8) is 0 Å². The fourth-order valence-corrected chi connectivity index (χ4v) is 4.41. The Morgan fingerprint density at radius 2 is 1.72 bits per heavy atom. The van der Waals surface area contributed by atoms with Gasteiger partial charge in [-0.3, -0.25) is 4.79 Å². The van der Waals surface area contributed by atoms with Gasteiger partial charge in [-0.15, -0.1) is 11.3 Å². The molecule has 1 N–H and O–H groups in total. The van der Waals surface area contributed by atoms with Gasteiger partial charge in [0.15, 0.2) is 0 Å². The summed E-state index contributed by atoms with van der Waals surface area (Å²) in [5, 5.41) is 4.98. The molecule has 0 aliphatic rings. The quantitative estimate of drug-likeness (QED) is 0.446. The van der Waals surface area contributed by atoms with Crippen LogP contribution in [0.15, 0.2) is 66.0 Å². The first-order chi connectivity index (χ1) is 15.5. The van der Waals surface area contributed by atoms with Crippen LogP contribution in [0.4, 0.5) is 10.5 Å². The molecule has 0 bridgehead atoms. The van der Waals surface area contributed by atoms with Crippen LogP contribution in [0.2, 0.25) is 0 Å². The number of thiophene rings is 1. The molecule has 1 heterocycles. The monoisotopic (exact) mass is 449 g/mol. The maximum atomic E-state index is 13.4. The molecule has 0 aliphatic carbocycles. The highest BCUT2D eigenvalue weighted by molar-refractivity contribution is 7.10. The lowest BCUT2D eigenvalue weighted by Crippen LogP contribution is -2.44. The van der Waals surface area contributed by atoms with Gasteiger partial charge in [-0.1, -0.05) is 49.4 Å². The fraction of sp³-hybridized carbons (Fsp3) is 0.308. The molecule has 32 heavy (non-hydrogen) atoms. The molecule has 0 unspecified atom stereocenters. The third-order valence-corrected chi connectivity index (χ3v) is 6.26. The Balaban J connectivity index is 1.74. The second-order valence-electron chi connectivity index (χ2n) is 7.98. The van der Waals surface area contributed by atoms with Crippen LogP contribution in [0.25, 0.3) is 0 Å². The molecule has 2 aromatic carbocycles. The number of benzene rings is 2. The van der Waals surface area contributed by atoms with Crippen molar-refractivity contribution >= 4 is 29.0 Å². The van der Waals surface area contributed by atoms with Crippen LogP contribution in [-0.4, -0.2) is 34.8 Å². The summed E-state index contributed by atoms with van der Waals surface area (Å²) in [6, 6.07) is 19.5. The van der Waals surface area contributed by atoms with E-state index in [-0.39, 0.29) is 18.5 Å². The Labute approximate surface area is 194 Å². The average Bonchev–Trinajstić information content (AvgIpc) is 3.18. The van der Waals surface area contributed by atoms with Crippen molar-refractivity contribution in [2.75, 3.05) is 18.4 Å². The molecule has 0 radical (unpaired) electrons. The molecule has 0 saturated carbocycles. The highest BCUT2D eigenvalue weighted by atomic mass is 32.1. The Morgan fingerprint density at radius 3 is 2.38 bits per heavy atom. The molecular weight excluding hydrogens is 418 g/mol. The predicted molar refractivity (Wildman–Crippen MR) is 132 cm³/mol. The molecule has 3 rings (SSSR count). The van der Waals surface area contributed by atoms with Crippen molar-refractivity contribution in [2.45, 2.75) is 40.3 Å². The van der Waals surface area contributed by atoms with E-state index in [1.165, 1.54) is 10.4 Å². The number of aryl methyl sites for hydroxylation is 2. The number of hydrogen-bond donors (Lipinski definition) is 1. The predicted octanol–water partition coefficient (Wildman–Crippen LogP) is 5.84. The normalized spacial score (nSPS) is 10.6. The van der Waals surface area contributed by atoms with E-state index in [1.54, 1.807) is 16.2 Å². The summed E-state index contributed by atoms with van der Waals surface area (Å²) in [7, 11) is 0. The van der Waals surface area contributed by atoms with Crippen LogP contribution >= 0.6 is 11.3 Å². The SMILES string of the molecule is CCCN(CC(=O)N(Cc1ccccc1)Cc1sccc1C)C(=O)Nc1cccc(C)c1. The van der Waals surface area contributed by atoms with E-state index < -0.39 is 0 Å². The van der Waals surface area contributed by atoms with Gasteiger partial charge >= 0.3 is 6.03 Å². The van der Waals surface area contributed by atoms with Gasteiger partial charge in [0.05, 0.1) is 6.54 Å². The average molecular weight is 450 g/mol. The van der Waals surface area contributed by atoms with Gasteiger partial charge in [-0.25, -0.2) is 4.79 Å². The zero-order valence-corrected chi connectivity index (χ0v) is 19.8. The summed E-state index contributed by atoms with van der Waals surface area (Å²) in [5.41, 5.74) is 4.06. The van der Waals surface area contributed by atoms with Crippen LogP contribution < -0.4 is 5.32 Å². The summed E-state index contributed by atoms with van der Waals surface area (Å²) in [6.45, 7) is 7.66. The van der Waals surface area contributed by atoms with E-state index in [0.717, 1.165) is 23.2 Å². The number of carbonyl (C=O) groups excluding carboxylic acids is 2. The van der Waals surface area contributed by atoms with E-state index >= 15 is 0 Å². The van der Waals surface area contributed by atoms with E-state index in [9.17, 15) is 9.59 Å². The van der Waals surface area contributed by atoms with Crippen LogP contribution in [0, 0.1) is 13.8 Å². The zero-order valence-electron chi connectivity index (χ0n) is 19.0. The molecule has 0 atom stereocenters. The van der Waals surface area contributed by atoms with Crippen LogP contribution in [0.3, 0.4) is 0 Å². The molecule has 0 spiro atoms. The second kappa shape index (κ2) is 11.5. The number of amides is 3. The number of nitrogens with zero attached hydrogens (tertiary/aromatic N) is 2. The minimum Gasteiger partial charge on any atom is -0.332 e. The first-order valence-corrected chi connectivity index (χ1v) is 11.8. The smallest absolute Gasteiger partial charge is 0.322 e. The van der Waals surface area contributed by atoms with Gasteiger partial charge < -0.3 is 15.1 Å². The molecule has 3 amide bonds. The largest absolute Gasteiger partial charge is 0.332 e. The molecule has 1 aromatic heterocycles. The number of nitrogens with one attached hydrogen (secondary N) is 1. The topological polar surface area (TPSA) is 52.7 Å². The standard InChI is InChI=1S/C26H31N3O2S/c1-4-14-28(26(31)27-23-12-8-9-20(2)16-23)19-25(30)29(17-22-10-6-5-7-11-22)18-24-21(3)13-15-32-24/h5-13,15-16H,4,14,17-19H2,1-3H3,(H,27,31). The highest BCUT2D eigenvalue weighted by Crippen LogP contribution is 2.20. The Kier molecular flexibility index (Phi) is 8.45. The third-order valence-electron chi connectivity index (χ3n) is 5.25. The Morgan fingerprint density at radius 1 is 0.938 bits per heavy atom. The van der Waals surface area contributed by atoms with E-state index in [1.807, 2.05) is 73.3 Å². The van der Waals surface area contributed by atoms with Crippen LogP contribution in [0.5, 0.6) is 0 Å². The lowest BCUT2D eigenvalue weighted by atomic mass is 10.2. The van der Waals surface area contributed by atoms with Crippen molar-refractivity contribution in [3.8, 4) is 0 Å². The number of urea groups is 1. The summed E-state index contributed by atoms with van der Waals surface area (Å²) in [5.74, 6) is -0.0607. The molecule has 6 heteroatoms. The van der Waals surface area contributed by atoms with E-state index in [2.05, 4.69) is 23.7 Å². The highest BCUT2D eigenvalue weighted by Gasteiger charge is 2.22. The molecule has 5 nitrogen and oxygen atoms in total. The van der Waals surface area contributed by atoms with Crippen molar-refractivity contribution in [2.24, 2.45) is 0 Å². The van der Waals surface area contributed by atoms with Gasteiger partial charge in [-0.2, -0.15) is 0 Å². The molecule has 0 saturated heterocycles. The third kappa shape index (κ3) is 6.69. The van der Waals surface area contributed by atoms with Gasteiger partial charge in [0.1, 0.15) is 6.54 Å². The summed E-state index contributed by atoms with van der Waals surface area (Å²) in [4.78, 5) is 31.0. The summed E-state index contributed by atoms with van der Waals surface area (Å²) in [6.07, 6.45) is 0.775. The summed E-state index contributed by atoms with van der Waals surface area (Å²) >= 11 is 1.66. The molecule has 0 aliphatic heterocycles. The first-order valence-electron chi connectivity index (χ1n) is 10.9. The molecular formula is C26H31N3O2S. The number of rotatable bonds is 9. The number of carbonyl (C=O) groups is 2. The Bertz CT molecular complexity index is 1030. The Hall–Kier alpha value is -3.12. The van der Waals surface area contributed by atoms with E-state index in [0.29, 0.717) is 19.6 Å². The van der Waals surface area contributed by atoms with Crippen molar-refractivity contribution < 1.29 is 9.59 Å². The van der Waals surface area contributed by atoms with E-state index in [4.69, 9.17) is 0 Å². The lowest BCUT2D eigenvalue weighted by Gasteiger charge is -2.28. The first kappa shape index (κ1) is 23.5. The van der Waals surface area contributed by atoms with Crippen molar-refractivity contribution in [3.05, 3.63) is 87.6 Å². The minimum absolute atomic E-state index is 0.0444. The van der Waals surface area contributed by atoms with Crippen LogP contribution in [-0.2, 0) is 17.9 Å². The lowest BCUT2D eigenvalue weighted by molar-refractivity contribution is -0.133. The van der Waals surface area contributed by atoms with Crippen molar-refractivity contribution in [1.82, 2.24) is 9.80 Å². The molecule has 168 valence electrons. The second-order valence-corrected chi connectivity index (χ2v) is 8.98. The zero-order chi connectivity index (χ0) is 22.9. The van der Waals surface area contributed by atoms with Gasteiger partial charge in [0.25, 0.3) is 0 Å². The molecule has 3 aromatic rings. The van der Waals surface area contributed by atoms with Crippen molar-refractivity contribution in [1.29, 1.82) is 0 Å². The summed E-state index contributed by atoms with van der Waals surface area (Å²) < 4.78 is 0. The number of anilines is 1. The van der Waals surface area contributed by atoms with Gasteiger partial charge in [-0.05, 0) is 60.5 Å². The van der Waals surface area contributed by atoms with Crippen LogP contribution in [0.1, 0.15) is 34.9 Å². The number of hydrogen-bond acceptors (Lipinski definition) is 3. The maximum Gasteiger partial charge on any atom is 0.322 e. The van der Waals surface area contributed by atoms with Gasteiger partial charge in [0, 0.05) is 23.7 Å². The minimum atomic E-state index is -0.252. The van der Waals surface area contributed by atoms with Gasteiger partial charge in [0.2, 0.25) is 5.91 Å². The maximum absolute atomic E-state index is 13.4.